The summed E-state index contributed by atoms with van der Waals surface area (Å²) in [7, 11) is 1.75. The highest BCUT2D eigenvalue weighted by Crippen LogP contribution is 2.30. The summed E-state index contributed by atoms with van der Waals surface area (Å²) in [5.74, 6) is 4.24. The maximum atomic E-state index is 6.15. The van der Waals surface area contributed by atoms with Crippen molar-refractivity contribution in [1.29, 1.82) is 0 Å². The number of aryl methyl sites for hydroxylation is 1. The van der Waals surface area contributed by atoms with Gasteiger partial charge < -0.3 is 19.7 Å². The minimum absolute atomic E-state index is 0.661. The van der Waals surface area contributed by atoms with Gasteiger partial charge in [-0.05, 0) is 62.2 Å². The number of benzene rings is 2. The summed E-state index contributed by atoms with van der Waals surface area (Å²) in [4.78, 5) is 11.3. The molecule has 6 nitrogen and oxygen atoms in total. The van der Waals surface area contributed by atoms with E-state index in [1.54, 1.807) is 13.4 Å². The van der Waals surface area contributed by atoms with Crippen LogP contribution < -0.4 is 10.1 Å². The van der Waals surface area contributed by atoms with Gasteiger partial charge in [-0.25, -0.2) is 9.97 Å². The van der Waals surface area contributed by atoms with Crippen molar-refractivity contribution in [2.45, 2.75) is 60.8 Å². The highest BCUT2D eigenvalue weighted by Gasteiger charge is 2.10. The first-order valence-corrected chi connectivity index (χ1v) is 13.5. The molecule has 0 aliphatic carbocycles. The van der Waals surface area contributed by atoms with Crippen LogP contribution in [0.5, 0.6) is 5.75 Å². The third kappa shape index (κ3) is 11.2. The zero-order valence-electron chi connectivity index (χ0n) is 23.9. The second kappa shape index (κ2) is 19.0. The summed E-state index contributed by atoms with van der Waals surface area (Å²) in [5, 5.41) is 4.27. The van der Waals surface area contributed by atoms with Crippen molar-refractivity contribution in [3.05, 3.63) is 53.9 Å². The predicted octanol–water partition coefficient (Wildman–Crippen LogP) is 7.23. The van der Waals surface area contributed by atoms with Crippen LogP contribution in [0.4, 0.5) is 11.5 Å². The highest BCUT2D eigenvalue weighted by atomic mass is 16.5. The second-order valence-electron chi connectivity index (χ2n) is 8.40. The van der Waals surface area contributed by atoms with Crippen molar-refractivity contribution in [1.82, 2.24) is 14.9 Å². The number of nitrogens with one attached hydrogen (secondary N) is 1. The third-order valence-electron chi connectivity index (χ3n) is 5.37. The standard InChI is InChI=1S/C26H32N4O2.C3H8.C2H6/c1-5-21-10-7-11-22(17-21)29-26-23-18-25(20(3)16-24(23)27-19-28-26)32-15-9-13-30(6-2)12-8-14-31-4;1-3-2;1-2/h1,7,10-11,16-19H,6,8-9,12-15H2,2-4H3,(H,27,28,29);3H2,1-2H3;1-2H3. The fraction of sp³-hybridized carbons (Fsp3) is 0.484. The summed E-state index contributed by atoms with van der Waals surface area (Å²) in [5.41, 5.74) is 3.63. The molecule has 0 amide bonds. The van der Waals surface area contributed by atoms with Crippen molar-refractivity contribution >= 4 is 22.4 Å². The molecule has 0 spiro atoms. The maximum absolute atomic E-state index is 6.15. The van der Waals surface area contributed by atoms with Crippen molar-refractivity contribution in [3.63, 3.8) is 0 Å². The molecule has 1 heterocycles. The first kappa shape index (κ1) is 31.9. The van der Waals surface area contributed by atoms with Crippen LogP contribution in [0.3, 0.4) is 0 Å². The Labute approximate surface area is 224 Å². The van der Waals surface area contributed by atoms with Gasteiger partial charge in [-0.3, -0.25) is 0 Å². The van der Waals surface area contributed by atoms with Gasteiger partial charge in [0.2, 0.25) is 0 Å². The number of aromatic nitrogens is 2. The molecule has 0 aliphatic rings. The molecule has 0 aliphatic heterocycles. The van der Waals surface area contributed by atoms with E-state index < -0.39 is 0 Å². The van der Waals surface area contributed by atoms with E-state index in [0.29, 0.717) is 6.61 Å². The predicted molar refractivity (Wildman–Crippen MR) is 158 cm³/mol. The van der Waals surface area contributed by atoms with E-state index >= 15 is 0 Å². The van der Waals surface area contributed by atoms with Crippen LogP contribution in [0.15, 0.2) is 42.7 Å². The quantitative estimate of drug-likeness (QED) is 0.206. The molecule has 6 heteroatoms. The molecule has 2 aromatic carbocycles. The molecule has 1 N–H and O–H groups in total. The summed E-state index contributed by atoms with van der Waals surface area (Å²) >= 11 is 0. The maximum Gasteiger partial charge on any atom is 0.141 e. The van der Waals surface area contributed by atoms with E-state index in [2.05, 4.69) is 46.9 Å². The Hall–Kier alpha value is -3.14. The zero-order chi connectivity index (χ0) is 27.5. The van der Waals surface area contributed by atoms with E-state index in [1.807, 2.05) is 57.2 Å². The molecule has 0 saturated carbocycles. The Morgan fingerprint density at radius 2 is 1.70 bits per heavy atom. The number of ether oxygens (including phenoxy) is 2. The van der Waals surface area contributed by atoms with E-state index in [0.717, 1.165) is 78.4 Å². The lowest BCUT2D eigenvalue weighted by Gasteiger charge is -2.20. The van der Waals surface area contributed by atoms with Crippen molar-refractivity contribution in [2.24, 2.45) is 0 Å². The molecule has 0 fully saturated rings. The minimum atomic E-state index is 0.661. The molecule has 0 bridgehead atoms. The molecule has 3 aromatic rings. The lowest BCUT2D eigenvalue weighted by atomic mass is 10.1. The van der Waals surface area contributed by atoms with Crippen molar-refractivity contribution in [3.8, 4) is 18.1 Å². The van der Waals surface area contributed by atoms with Crippen LogP contribution in [0, 0.1) is 19.3 Å². The summed E-state index contributed by atoms with van der Waals surface area (Å²) < 4.78 is 11.3. The van der Waals surface area contributed by atoms with Gasteiger partial charge in [-0.15, -0.1) is 6.42 Å². The average molecular weight is 507 g/mol. The molecule has 0 radical (unpaired) electrons. The summed E-state index contributed by atoms with van der Waals surface area (Å²) in [6.07, 6.45) is 10.4. The molecule has 0 unspecified atom stereocenters. The lowest BCUT2D eigenvalue weighted by molar-refractivity contribution is 0.169. The van der Waals surface area contributed by atoms with Gasteiger partial charge in [0.15, 0.2) is 0 Å². The van der Waals surface area contributed by atoms with Crippen LogP contribution in [-0.4, -0.2) is 54.8 Å². The zero-order valence-corrected chi connectivity index (χ0v) is 23.9. The molecule has 3 rings (SSSR count). The van der Waals surface area contributed by atoms with E-state index in [9.17, 15) is 0 Å². The van der Waals surface area contributed by atoms with Crippen LogP contribution in [-0.2, 0) is 4.74 Å². The molecule has 0 saturated heterocycles. The smallest absolute Gasteiger partial charge is 0.141 e. The summed E-state index contributed by atoms with van der Waals surface area (Å²) in [6.45, 7) is 17.0. The molecule has 0 atom stereocenters. The first-order chi connectivity index (χ1) is 18.1. The largest absolute Gasteiger partial charge is 0.493 e. The fourth-order valence-corrected chi connectivity index (χ4v) is 3.60. The van der Waals surface area contributed by atoms with E-state index in [1.165, 1.54) is 6.42 Å². The molecule has 37 heavy (non-hydrogen) atoms. The van der Waals surface area contributed by atoms with Crippen molar-refractivity contribution < 1.29 is 9.47 Å². The Morgan fingerprint density at radius 1 is 1.00 bits per heavy atom. The van der Waals surface area contributed by atoms with Gasteiger partial charge in [0.05, 0.1) is 12.1 Å². The Morgan fingerprint density at radius 3 is 2.35 bits per heavy atom. The molecule has 1 aromatic heterocycles. The van der Waals surface area contributed by atoms with Gasteiger partial charge in [-0.1, -0.05) is 53.0 Å². The van der Waals surface area contributed by atoms with Crippen LogP contribution in [0.2, 0.25) is 0 Å². The second-order valence-corrected chi connectivity index (χ2v) is 8.40. The number of hydrogen-bond acceptors (Lipinski definition) is 6. The van der Waals surface area contributed by atoms with E-state index in [4.69, 9.17) is 15.9 Å². The monoisotopic (exact) mass is 506 g/mol. The SMILES string of the molecule is C#Cc1cccc(Nc2ncnc3cc(C)c(OCCCN(CC)CCCOC)cc23)c1.CC.CCC. The Balaban J connectivity index is 0.00000127. The number of nitrogens with zero attached hydrogens (tertiary/aromatic N) is 3. The summed E-state index contributed by atoms with van der Waals surface area (Å²) in [6, 6.07) is 11.8. The fourth-order valence-electron chi connectivity index (χ4n) is 3.60. The lowest BCUT2D eigenvalue weighted by Crippen LogP contribution is -2.27. The number of terminal acetylenes is 1. The van der Waals surface area contributed by atoms with Gasteiger partial charge in [-0.2, -0.15) is 0 Å². The minimum Gasteiger partial charge on any atom is -0.493 e. The van der Waals surface area contributed by atoms with Gasteiger partial charge >= 0.3 is 0 Å². The van der Waals surface area contributed by atoms with E-state index in [-0.39, 0.29) is 0 Å². The van der Waals surface area contributed by atoms with Gasteiger partial charge in [0, 0.05) is 43.4 Å². The van der Waals surface area contributed by atoms with Gasteiger partial charge in [0.25, 0.3) is 0 Å². The first-order valence-electron chi connectivity index (χ1n) is 13.5. The van der Waals surface area contributed by atoms with Crippen molar-refractivity contribution in [2.75, 3.05) is 45.3 Å². The average Bonchev–Trinajstić information content (AvgIpc) is 2.92. The number of methoxy groups -OCH3 is 1. The van der Waals surface area contributed by atoms with Crippen LogP contribution in [0.1, 0.15) is 65.0 Å². The topological polar surface area (TPSA) is 59.5 Å². The number of rotatable bonds is 12. The Kier molecular flexibility index (Phi) is 16.4. The molecular weight excluding hydrogens is 460 g/mol. The van der Waals surface area contributed by atoms with Gasteiger partial charge in [0.1, 0.15) is 17.9 Å². The molecule has 202 valence electrons. The highest BCUT2D eigenvalue weighted by molar-refractivity contribution is 5.92. The molecular formula is C31H46N4O2. The normalized spacial score (nSPS) is 10.1. The Bertz CT molecular complexity index is 1080. The number of fused-ring (bicyclic) bond motifs is 1. The van der Waals surface area contributed by atoms with Crippen LogP contribution >= 0.6 is 0 Å². The van der Waals surface area contributed by atoms with Crippen LogP contribution in [0.25, 0.3) is 10.9 Å². The number of anilines is 2. The third-order valence-corrected chi connectivity index (χ3v) is 5.37. The number of hydrogen-bond donors (Lipinski definition) is 1.